The lowest BCUT2D eigenvalue weighted by Crippen LogP contribution is -2.53. The highest BCUT2D eigenvalue weighted by molar-refractivity contribution is 5.71. The number of carboxylic acid groups (broad SMARTS) is 1. The van der Waals surface area contributed by atoms with Gasteiger partial charge in [0.1, 0.15) is 0 Å². The number of carboxylic acids is 1. The molecule has 2 N–H and O–H groups in total. The minimum atomic E-state index is -1.04. The fourth-order valence-corrected chi connectivity index (χ4v) is 2.87. The maximum atomic E-state index is 11.3. The number of aliphatic carboxylic acids is 1. The monoisotopic (exact) mass is 243 g/mol. The zero-order valence-electron chi connectivity index (χ0n) is 11.3. The molecule has 0 saturated carbocycles. The van der Waals surface area contributed by atoms with Crippen molar-refractivity contribution < 1.29 is 15.0 Å². The topological polar surface area (TPSA) is 60.8 Å². The molecule has 1 aliphatic rings. The van der Waals surface area contributed by atoms with Gasteiger partial charge in [0.2, 0.25) is 0 Å². The molecular formula is C13H25NO3. The van der Waals surface area contributed by atoms with E-state index in [2.05, 4.69) is 18.7 Å². The van der Waals surface area contributed by atoms with Crippen molar-refractivity contribution in [3.8, 4) is 0 Å². The molecule has 1 atom stereocenters. The van der Waals surface area contributed by atoms with Gasteiger partial charge in [-0.1, -0.05) is 13.8 Å². The third-order valence-electron chi connectivity index (χ3n) is 3.91. The summed E-state index contributed by atoms with van der Waals surface area (Å²) in [7, 11) is 0. The molecule has 0 bridgehead atoms. The van der Waals surface area contributed by atoms with Crippen LogP contribution < -0.4 is 0 Å². The van der Waals surface area contributed by atoms with Crippen LogP contribution in [0.4, 0.5) is 0 Å². The van der Waals surface area contributed by atoms with Gasteiger partial charge < -0.3 is 15.1 Å². The average Bonchev–Trinajstić information content (AvgIpc) is 2.16. The molecule has 17 heavy (non-hydrogen) atoms. The second-order valence-electron chi connectivity index (χ2n) is 5.79. The highest BCUT2D eigenvalue weighted by Gasteiger charge is 2.45. The van der Waals surface area contributed by atoms with E-state index in [-0.39, 0.29) is 5.92 Å². The number of nitrogens with zero attached hydrogens (tertiary/aromatic N) is 1. The van der Waals surface area contributed by atoms with E-state index >= 15 is 0 Å². The Kier molecular flexibility index (Phi) is 4.55. The predicted molar refractivity (Wildman–Crippen MR) is 66.9 cm³/mol. The first-order chi connectivity index (χ1) is 7.78. The van der Waals surface area contributed by atoms with Gasteiger partial charge in [-0.15, -0.1) is 0 Å². The number of hydrogen-bond donors (Lipinski definition) is 2. The molecule has 0 aliphatic carbocycles. The van der Waals surface area contributed by atoms with Crippen LogP contribution in [0, 0.1) is 11.8 Å². The Hall–Kier alpha value is -0.610. The van der Waals surface area contributed by atoms with Gasteiger partial charge in [-0.05, 0) is 32.6 Å². The Labute approximate surface area is 104 Å². The summed E-state index contributed by atoms with van der Waals surface area (Å²) in [6.07, 6.45) is 1.11. The highest BCUT2D eigenvalue weighted by Crippen LogP contribution is 2.35. The Morgan fingerprint density at radius 1 is 1.18 bits per heavy atom. The van der Waals surface area contributed by atoms with E-state index in [1.54, 1.807) is 0 Å². The van der Waals surface area contributed by atoms with Crippen LogP contribution in [-0.4, -0.2) is 45.8 Å². The first kappa shape index (κ1) is 14.5. The first-order valence-electron chi connectivity index (χ1n) is 6.47. The summed E-state index contributed by atoms with van der Waals surface area (Å²) in [6, 6.07) is 0.460. The molecule has 0 aromatic rings. The predicted octanol–water partition coefficient (Wildman–Crippen LogP) is 1.58. The van der Waals surface area contributed by atoms with Crippen molar-refractivity contribution >= 4 is 5.97 Å². The number of hydrogen-bond acceptors (Lipinski definition) is 3. The second-order valence-corrected chi connectivity index (χ2v) is 5.79. The lowest BCUT2D eigenvalue weighted by molar-refractivity contribution is -0.160. The highest BCUT2D eigenvalue weighted by atomic mass is 16.4. The molecule has 0 aromatic heterocycles. The third-order valence-corrected chi connectivity index (χ3v) is 3.91. The Bertz CT molecular complexity index is 268. The smallest absolute Gasteiger partial charge is 0.309 e. The Balaban J connectivity index is 2.73. The summed E-state index contributed by atoms with van der Waals surface area (Å²) < 4.78 is 0. The summed E-state index contributed by atoms with van der Waals surface area (Å²) in [5, 5.41) is 19.8. The molecule has 0 aromatic carbocycles. The molecule has 1 unspecified atom stereocenters. The summed E-state index contributed by atoms with van der Waals surface area (Å²) in [4.78, 5) is 13.6. The maximum absolute atomic E-state index is 11.3. The number of aliphatic hydroxyl groups is 1. The van der Waals surface area contributed by atoms with Gasteiger partial charge in [0.05, 0.1) is 11.5 Å². The van der Waals surface area contributed by atoms with Crippen LogP contribution >= 0.6 is 0 Å². The van der Waals surface area contributed by atoms with E-state index in [9.17, 15) is 15.0 Å². The molecular weight excluding hydrogens is 218 g/mol. The van der Waals surface area contributed by atoms with Crippen LogP contribution in [0.2, 0.25) is 0 Å². The molecule has 1 heterocycles. The van der Waals surface area contributed by atoms with E-state index in [1.807, 2.05) is 13.8 Å². The molecule has 1 saturated heterocycles. The number of rotatable bonds is 4. The van der Waals surface area contributed by atoms with E-state index in [1.165, 1.54) is 0 Å². The van der Waals surface area contributed by atoms with E-state index in [0.717, 1.165) is 13.1 Å². The van der Waals surface area contributed by atoms with Gasteiger partial charge >= 0.3 is 5.97 Å². The maximum Gasteiger partial charge on any atom is 0.309 e. The van der Waals surface area contributed by atoms with Gasteiger partial charge in [-0.3, -0.25) is 4.79 Å². The van der Waals surface area contributed by atoms with Crippen LogP contribution in [0.25, 0.3) is 0 Å². The molecule has 100 valence electrons. The quantitative estimate of drug-likeness (QED) is 0.787. The van der Waals surface area contributed by atoms with Crippen molar-refractivity contribution in [1.82, 2.24) is 4.90 Å². The first-order valence-corrected chi connectivity index (χ1v) is 6.47. The molecule has 1 aliphatic heterocycles. The van der Waals surface area contributed by atoms with Crippen molar-refractivity contribution in [3.05, 3.63) is 0 Å². The normalized spacial score (nSPS) is 23.0. The third kappa shape index (κ3) is 3.19. The molecule has 0 amide bonds. The van der Waals surface area contributed by atoms with Gasteiger partial charge in [0.15, 0.2) is 0 Å². The zero-order valence-corrected chi connectivity index (χ0v) is 11.3. The number of piperidine rings is 1. The van der Waals surface area contributed by atoms with Crippen molar-refractivity contribution in [1.29, 1.82) is 0 Å². The number of likely N-dealkylation sites (tertiary alicyclic amines) is 1. The largest absolute Gasteiger partial charge is 0.481 e. The van der Waals surface area contributed by atoms with Crippen molar-refractivity contribution in [3.63, 3.8) is 0 Å². The minimum absolute atomic E-state index is 0.0388. The van der Waals surface area contributed by atoms with Gasteiger partial charge in [0.25, 0.3) is 0 Å². The van der Waals surface area contributed by atoms with Crippen LogP contribution in [-0.2, 0) is 4.79 Å². The van der Waals surface area contributed by atoms with Crippen LogP contribution in [0.3, 0.4) is 0 Å². The standard InChI is InChI=1S/C13H25NO3/c1-9(2)11(12(15)16)13(17)5-7-14(8-6-13)10(3)4/h9-11,17H,5-8H2,1-4H3,(H,15,16). The fourth-order valence-electron chi connectivity index (χ4n) is 2.87. The van der Waals surface area contributed by atoms with Gasteiger partial charge in [-0.25, -0.2) is 0 Å². The van der Waals surface area contributed by atoms with E-state index in [0.29, 0.717) is 18.9 Å². The lowest BCUT2D eigenvalue weighted by atomic mass is 9.74. The molecule has 4 nitrogen and oxygen atoms in total. The summed E-state index contributed by atoms with van der Waals surface area (Å²) >= 11 is 0. The van der Waals surface area contributed by atoms with Gasteiger partial charge in [0, 0.05) is 19.1 Å². The minimum Gasteiger partial charge on any atom is -0.481 e. The molecule has 0 spiro atoms. The SMILES string of the molecule is CC(C)C(C(=O)O)C1(O)CCN(C(C)C)CC1. The molecule has 4 heteroatoms. The number of carbonyl (C=O) groups is 1. The Morgan fingerprint density at radius 2 is 1.65 bits per heavy atom. The molecule has 1 rings (SSSR count). The summed E-state index contributed by atoms with van der Waals surface area (Å²) in [5.41, 5.74) is -1.04. The summed E-state index contributed by atoms with van der Waals surface area (Å²) in [6.45, 7) is 9.55. The van der Waals surface area contributed by atoms with E-state index in [4.69, 9.17) is 0 Å². The fraction of sp³-hybridized carbons (Fsp3) is 0.923. The lowest BCUT2D eigenvalue weighted by Gasteiger charge is -2.44. The van der Waals surface area contributed by atoms with Crippen molar-refractivity contribution in [2.75, 3.05) is 13.1 Å². The zero-order chi connectivity index (χ0) is 13.2. The second kappa shape index (κ2) is 5.36. The van der Waals surface area contributed by atoms with Crippen molar-refractivity contribution in [2.45, 2.75) is 52.2 Å². The van der Waals surface area contributed by atoms with Gasteiger partial charge in [-0.2, -0.15) is 0 Å². The van der Waals surface area contributed by atoms with Crippen LogP contribution in [0.5, 0.6) is 0 Å². The van der Waals surface area contributed by atoms with Crippen LogP contribution in [0.1, 0.15) is 40.5 Å². The van der Waals surface area contributed by atoms with E-state index < -0.39 is 17.5 Å². The van der Waals surface area contributed by atoms with Crippen LogP contribution in [0.15, 0.2) is 0 Å². The molecule has 1 fully saturated rings. The molecule has 0 radical (unpaired) electrons. The average molecular weight is 243 g/mol. The summed E-state index contributed by atoms with van der Waals surface area (Å²) in [5.74, 6) is -1.57. The van der Waals surface area contributed by atoms with Crippen molar-refractivity contribution in [2.24, 2.45) is 11.8 Å². The Morgan fingerprint density at radius 3 is 1.94 bits per heavy atom.